The molecule has 0 spiro atoms. The highest BCUT2D eigenvalue weighted by atomic mass is 79.9. The minimum Gasteiger partial charge on any atom is -0.293 e. The molecule has 7 heteroatoms. The highest BCUT2D eigenvalue weighted by molar-refractivity contribution is 9.10. The number of hydrogen-bond donors (Lipinski definition) is 1. The van der Waals surface area contributed by atoms with Crippen molar-refractivity contribution < 1.29 is 13.2 Å². The molecule has 0 aliphatic heterocycles. The standard InChI is InChI=1S/C16H16BrNO3S2/c1-11(22-15-9-5-13(17)6-10-15)16(19)12-3-7-14(8-4-12)18-23(2,20)21/h3-11,18H,1-2H3/t11-/m0/s1. The second-order valence-corrected chi connectivity index (χ2v) is 9.11. The summed E-state index contributed by atoms with van der Waals surface area (Å²) in [5.41, 5.74) is 0.999. The van der Waals surface area contributed by atoms with Crippen molar-refractivity contribution in [1.29, 1.82) is 0 Å². The first kappa shape index (κ1) is 18.0. The largest absolute Gasteiger partial charge is 0.293 e. The van der Waals surface area contributed by atoms with E-state index in [1.807, 2.05) is 31.2 Å². The van der Waals surface area contributed by atoms with Gasteiger partial charge in [0.2, 0.25) is 10.0 Å². The highest BCUT2D eigenvalue weighted by Crippen LogP contribution is 2.27. The van der Waals surface area contributed by atoms with Crippen molar-refractivity contribution in [3.63, 3.8) is 0 Å². The summed E-state index contributed by atoms with van der Waals surface area (Å²) in [5.74, 6) is 0.00354. The van der Waals surface area contributed by atoms with Crippen LogP contribution in [0.2, 0.25) is 0 Å². The van der Waals surface area contributed by atoms with E-state index in [2.05, 4.69) is 20.7 Å². The second kappa shape index (κ2) is 7.51. The Morgan fingerprint density at radius 3 is 2.17 bits per heavy atom. The van der Waals surface area contributed by atoms with E-state index >= 15 is 0 Å². The molecule has 2 aromatic rings. The summed E-state index contributed by atoms with van der Waals surface area (Å²) in [4.78, 5) is 13.5. The van der Waals surface area contributed by atoms with E-state index in [1.54, 1.807) is 24.3 Å². The molecule has 1 atom stereocenters. The molecule has 4 nitrogen and oxygen atoms in total. The number of nitrogens with one attached hydrogen (secondary N) is 1. The molecular formula is C16H16BrNO3S2. The van der Waals surface area contributed by atoms with Crippen LogP contribution in [0.15, 0.2) is 57.9 Å². The van der Waals surface area contributed by atoms with Crippen molar-refractivity contribution in [1.82, 2.24) is 0 Å². The zero-order valence-electron chi connectivity index (χ0n) is 12.6. The summed E-state index contributed by atoms with van der Waals surface area (Å²) < 4.78 is 25.7. The Labute approximate surface area is 148 Å². The fourth-order valence-electron chi connectivity index (χ4n) is 1.92. The van der Waals surface area contributed by atoms with Crippen LogP contribution in [0.4, 0.5) is 5.69 Å². The van der Waals surface area contributed by atoms with Crippen molar-refractivity contribution in [2.24, 2.45) is 0 Å². The van der Waals surface area contributed by atoms with Gasteiger partial charge in [-0.1, -0.05) is 15.9 Å². The lowest BCUT2D eigenvalue weighted by Gasteiger charge is -2.11. The number of hydrogen-bond acceptors (Lipinski definition) is 4. The predicted molar refractivity (Wildman–Crippen MR) is 98.7 cm³/mol. The zero-order chi connectivity index (χ0) is 17.0. The number of halogens is 1. The quantitative estimate of drug-likeness (QED) is 0.569. The fourth-order valence-corrected chi connectivity index (χ4v) is 3.70. The van der Waals surface area contributed by atoms with Crippen LogP contribution in [0.3, 0.4) is 0 Å². The van der Waals surface area contributed by atoms with Gasteiger partial charge in [-0.2, -0.15) is 0 Å². The predicted octanol–water partition coefficient (Wildman–Crippen LogP) is 4.18. The molecule has 0 unspecified atom stereocenters. The van der Waals surface area contributed by atoms with Crippen LogP contribution in [0.5, 0.6) is 0 Å². The first-order chi connectivity index (χ1) is 10.7. The summed E-state index contributed by atoms with van der Waals surface area (Å²) in [6.07, 6.45) is 1.09. The molecule has 1 N–H and O–H groups in total. The molecule has 23 heavy (non-hydrogen) atoms. The molecule has 0 saturated heterocycles. The minimum atomic E-state index is -3.31. The fraction of sp³-hybridized carbons (Fsp3) is 0.188. The molecule has 0 saturated carbocycles. The molecule has 2 aromatic carbocycles. The van der Waals surface area contributed by atoms with Gasteiger partial charge in [0.25, 0.3) is 0 Å². The molecule has 0 amide bonds. The van der Waals surface area contributed by atoms with E-state index in [-0.39, 0.29) is 11.0 Å². The van der Waals surface area contributed by atoms with Gasteiger partial charge in [0, 0.05) is 20.6 Å². The van der Waals surface area contributed by atoms with Gasteiger partial charge in [0.1, 0.15) is 0 Å². The molecule has 0 aromatic heterocycles. The van der Waals surface area contributed by atoms with Crippen molar-refractivity contribution in [3.05, 3.63) is 58.6 Å². The SMILES string of the molecule is C[C@H](Sc1ccc(Br)cc1)C(=O)c1ccc(NS(C)(=O)=O)cc1. The van der Waals surface area contributed by atoms with Crippen LogP contribution in [0, 0.1) is 0 Å². The monoisotopic (exact) mass is 413 g/mol. The van der Waals surface area contributed by atoms with Crippen LogP contribution in [-0.2, 0) is 10.0 Å². The van der Waals surface area contributed by atoms with Crippen LogP contribution in [-0.4, -0.2) is 25.7 Å². The molecule has 0 heterocycles. The summed E-state index contributed by atoms with van der Waals surface area (Å²) in [7, 11) is -3.31. The number of benzene rings is 2. The number of Topliss-reactive ketones (excluding diaryl/α,β-unsaturated/α-hetero) is 1. The third-order valence-corrected chi connectivity index (χ3v) is 5.22. The average Bonchev–Trinajstić information content (AvgIpc) is 2.48. The molecular weight excluding hydrogens is 398 g/mol. The minimum absolute atomic E-state index is 0.00354. The third-order valence-electron chi connectivity index (χ3n) is 2.97. The molecule has 0 aliphatic carbocycles. The van der Waals surface area contributed by atoms with Gasteiger partial charge in [-0.3, -0.25) is 9.52 Å². The summed E-state index contributed by atoms with van der Waals surface area (Å²) in [6, 6.07) is 14.2. The smallest absolute Gasteiger partial charge is 0.229 e. The van der Waals surface area contributed by atoms with E-state index < -0.39 is 10.0 Å². The van der Waals surface area contributed by atoms with Crippen LogP contribution in [0.25, 0.3) is 0 Å². The number of carbonyl (C=O) groups is 1. The molecule has 122 valence electrons. The van der Waals surface area contributed by atoms with E-state index in [4.69, 9.17) is 0 Å². The topological polar surface area (TPSA) is 63.2 Å². The van der Waals surface area contributed by atoms with Gasteiger partial charge >= 0.3 is 0 Å². The number of thioether (sulfide) groups is 1. The van der Waals surface area contributed by atoms with Gasteiger partial charge in [0.05, 0.1) is 11.5 Å². The normalized spacial score (nSPS) is 12.7. The van der Waals surface area contributed by atoms with Gasteiger partial charge in [-0.25, -0.2) is 8.42 Å². The lowest BCUT2D eigenvalue weighted by Crippen LogP contribution is -2.14. The van der Waals surface area contributed by atoms with Gasteiger partial charge in [-0.05, 0) is 55.5 Å². The van der Waals surface area contributed by atoms with Gasteiger partial charge in [-0.15, -0.1) is 11.8 Å². The maximum atomic E-state index is 12.4. The van der Waals surface area contributed by atoms with Crippen molar-refractivity contribution in [2.75, 3.05) is 11.0 Å². The van der Waals surface area contributed by atoms with Crippen molar-refractivity contribution >= 4 is 49.2 Å². The van der Waals surface area contributed by atoms with Crippen molar-refractivity contribution in [3.8, 4) is 0 Å². The highest BCUT2D eigenvalue weighted by Gasteiger charge is 2.16. The van der Waals surface area contributed by atoms with Crippen molar-refractivity contribution in [2.45, 2.75) is 17.1 Å². The number of carbonyl (C=O) groups excluding carboxylic acids is 1. The van der Waals surface area contributed by atoms with Crippen LogP contribution < -0.4 is 4.72 Å². The maximum Gasteiger partial charge on any atom is 0.229 e. The van der Waals surface area contributed by atoms with E-state index in [9.17, 15) is 13.2 Å². The first-order valence-corrected chi connectivity index (χ1v) is 10.4. The van der Waals surface area contributed by atoms with Gasteiger partial charge in [0.15, 0.2) is 5.78 Å². The Kier molecular flexibility index (Phi) is 5.89. The Bertz CT molecular complexity index is 787. The number of sulfonamides is 1. The Morgan fingerprint density at radius 1 is 1.09 bits per heavy atom. The van der Waals surface area contributed by atoms with Gasteiger partial charge < -0.3 is 0 Å². The molecule has 0 aliphatic rings. The third kappa shape index (κ3) is 5.67. The van der Waals surface area contributed by atoms with E-state index in [0.717, 1.165) is 15.6 Å². The zero-order valence-corrected chi connectivity index (χ0v) is 15.8. The summed E-state index contributed by atoms with van der Waals surface area (Å²) >= 11 is 4.87. The Morgan fingerprint density at radius 2 is 1.65 bits per heavy atom. The second-order valence-electron chi connectivity index (χ2n) is 5.03. The lowest BCUT2D eigenvalue weighted by molar-refractivity contribution is 0.0994. The molecule has 0 bridgehead atoms. The Balaban J connectivity index is 2.05. The summed E-state index contributed by atoms with van der Waals surface area (Å²) in [5, 5.41) is -0.232. The molecule has 0 fully saturated rings. The summed E-state index contributed by atoms with van der Waals surface area (Å²) in [6.45, 7) is 1.86. The first-order valence-electron chi connectivity index (χ1n) is 6.79. The average molecular weight is 414 g/mol. The van der Waals surface area contributed by atoms with E-state index in [1.165, 1.54) is 11.8 Å². The number of anilines is 1. The lowest BCUT2D eigenvalue weighted by atomic mass is 10.1. The molecule has 2 rings (SSSR count). The molecule has 0 radical (unpaired) electrons. The number of ketones is 1. The van der Waals surface area contributed by atoms with E-state index in [0.29, 0.717) is 11.3 Å². The number of rotatable bonds is 6. The van der Waals surface area contributed by atoms with Crippen LogP contribution >= 0.6 is 27.7 Å². The maximum absolute atomic E-state index is 12.4. The van der Waals surface area contributed by atoms with Crippen LogP contribution in [0.1, 0.15) is 17.3 Å². The Hall–Kier alpha value is -1.31.